The van der Waals surface area contributed by atoms with Crippen LogP contribution < -0.4 is 20.9 Å². The lowest BCUT2D eigenvalue weighted by molar-refractivity contribution is 0.159. The maximum Gasteiger partial charge on any atom is 0.414 e. The van der Waals surface area contributed by atoms with Crippen LogP contribution in [0, 0.1) is 0 Å². The van der Waals surface area contributed by atoms with Crippen molar-refractivity contribution in [3.05, 3.63) is 64.8 Å². The molecule has 0 saturated heterocycles. The fraction of sp³-hybridized carbons (Fsp3) is 0.227. The van der Waals surface area contributed by atoms with E-state index in [4.69, 9.17) is 16.3 Å². The largest absolute Gasteiger partial charge is 0.449 e. The van der Waals surface area contributed by atoms with Crippen molar-refractivity contribution in [2.45, 2.75) is 13.0 Å². The van der Waals surface area contributed by atoms with Crippen molar-refractivity contribution in [2.24, 2.45) is 0 Å². The number of nitrogens with one attached hydrogen (secondary N) is 3. The van der Waals surface area contributed by atoms with E-state index in [0.717, 1.165) is 28.2 Å². The molecule has 31 heavy (non-hydrogen) atoms. The van der Waals surface area contributed by atoms with Crippen molar-refractivity contribution in [2.75, 3.05) is 36.2 Å². The van der Waals surface area contributed by atoms with E-state index >= 15 is 0 Å². The van der Waals surface area contributed by atoms with Crippen molar-refractivity contribution >= 4 is 46.5 Å². The smallest absolute Gasteiger partial charge is 0.414 e. The first-order chi connectivity index (χ1) is 15.0. The van der Waals surface area contributed by atoms with Crippen LogP contribution in [-0.4, -0.2) is 36.8 Å². The third kappa shape index (κ3) is 4.70. The van der Waals surface area contributed by atoms with Gasteiger partial charge in [-0.1, -0.05) is 29.8 Å². The Morgan fingerprint density at radius 2 is 2.03 bits per heavy atom. The van der Waals surface area contributed by atoms with Crippen molar-refractivity contribution in [1.82, 2.24) is 15.3 Å². The molecule has 0 aliphatic carbocycles. The van der Waals surface area contributed by atoms with Crippen LogP contribution in [0.3, 0.4) is 0 Å². The molecular formula is C22H23ClN6O2. The minimum Gasteiger partial charge on any atom is -0.449 e. The second-order valence-electron chi connectivity index (χ2n) is 7.09. The molecular weight excluding hydrogens is 416 g/mol. The number of hydrogen-bond acceptors (Lipinski definition) is 7. The van der Waals surface area contributed by atoms with Gasteiger partial charge in [-0.25, -0.2) is 9.78 Å². The van der Waals surface area contributed by atoms with Gasteiger partial charge in [0.25, 0.3) is 0 Å². The highest BCUT2D eigenvalue weighted by atomic mass is 35.5. The number of amides is 1. The monoisotopic (exact) mass is 438 g/mol. The van der Waals surface area contributed by atoms with Gasteiger partial charge in [0, 0.05) is 31.4 Å². The quantitative estimate of drug-likeness (QED) is 0.523. The van der Waals surface area contributed by atoms with Crippen molar-refractivity contribution < 1.29 is 9.53 Å². The lowest BCUT2D eigenvalue weighted by Gasteiger charge is -2.17. The van der Waals surface area contributed by atoms with Crippen LogP contribution in [0.1, 0.15) is 11.1 Å². The summed E-state index contributed by atoms with van der Waals surface area (Å²) >= 11 is 6.34. The van der Waals surface area contributed by atoms with E-state index in [9.17, 15) is 4.79 Å². The van der Waals surface area contributed by atoms with Crippen LogP contribution in [0.15, 0.2) is 48.7 Å². The average Bonchev–Trinajstić information content (AvgIpc) is 2.90. The number of carbonyl (C=O) groups excluding carboxylic acids is 1. The van der Waals surface area contributed by atoms with Crippen molar-refractivity contribution in [3.8, 4) is 0 Å². The minimum absolute atomic E-state index is 0.344. The highest BCUT2D eigenvalue weighted by molar-refractivity contribution is 6.32. The molecule has 0 radical (unpaired) electrons. The number of hydrogen-bond donors (Lipinski definition) is 3. The second kappa shape index (κ2) is 9.20. The molecule has 3 aromatic rings. The lowest BCUT2D eigenvalue weighted by atomic mass is 10.1. The third-order valence-corrected chi connectivity index (χ3v) is 5.23. The summed E-state index contributed by atoms with van der Waals surface area (Å²) in [6.07, 6.45) is 1.84. The summed E-state index contributed by atoms with van der Waals surface area (Å²) in [6, 6.07) is 13.7. The fourth-order valence-corrected chi connectivity index (χ4v) is 3.53. The maximum atomic E-state index is 11.9. The van der Waals surface area contributed by atoms with Crippen LogP contribution in [-0.2, 0) is 17.7 Å². The number of ether oxygens (including phenoxy) is 1. The van der Waals surface area contributed by atoms with Crippen LogP contribution in [0.2, 0.25) is 5.02 Å². The standard InChI is InChI=1S/C22H23ClN6O2/c1-24-12-15-5-3-4-6-18(15)27-20-17(23)13-25-21(28-20)26-16-7-8-19-14(11-16)9-10-31-22(30)29(19)2/h3-8,11,13,24H,9-10,12H2,1-2H3,(H2,25,26,27,28). The summed E-state index contributed by atoms with van der Waals surface area (Å²) in [6.45, 7) is 1.06. The summed E-state index contributed by atoms with van der Waals surface area (Å²) in [5.41, 5.74) is 4.66. The van der Waals surface area contributed by atoms with Crippen molar-refractivity contribution in [3.63, 3.8) is 0 Å². The average molecular weight is 439 g/mol. The number of nitrogens with zero attached hydrogens (tertiary/aromatic N) is 3. The number of aromatic nitrogens is 2. The van der Waals surface area contributed by atoms with Gasteiger partial charge in [0.15, 0.2) is 5.82 Å². The molecule has 1 aromatic heterocycles. The molecule has 2 heterocycles. The number of rotatable bonds is 6. The van der Waals surface area contributed by atoms with E-state index in [1.54, 1.807) is 13.2 Å². The number of para-hydroxylation sites is 1. The molecule has 8 nitrogen and oxygen atoms in total. The Balaban J connectivity index is 1.57. The van der Waals surface area contributed by atoms with Gasteiger partial charge in [-0.2, -0.15) is 4.98 Å². The molecule has 0 fully saturated rings. The Kier molecular flexibility index (Phi) is 6.20. The van der Waals surface area contributed by atoms with Gasteiger partial charge in [-0.05, 0) is 42.4 Å². The molecule has 1 aliphatic rings. The maximum absolute atomic E-state index is 11.9. The molecule has 0 bridgehead atoms. The first kappa shape index (κ1) is 20.9. The van der Waals surface area contributed by atoms with Gasteiger partial charge < -0.3 is 20.7 Å². The van der Waals surface area contributed by atoms with Gasteiger partial charge in [-0.3, -0.25) is 4.90 Å². The van der Waals surface area contributed by atoms with E-state index in [1.165, 1.54) is 4.90 Å². The normalized spacial score (nSPS) is 13.3. The van der Waals surface area contributed by atoms with E-state index in [-0.39, 0.29) is 6.09 Å². The summed E-state index contributed by atoms with van der Waals surface area (Å²) < 4.78 is 5.18. The summed E-state index contributed by atoms with van der Waals surface area (Å²) in [5.74, 6) is 0.920. The predicted molar refractivity (Wildman–Crippen MR) is 123 cm³/mol. The van der Waals surface area contributed by atoms with E-state index in [0.29, 0.717) is 36.4 Å². The Labute approximate surface area is 185 Å². The number of benzene rings is 2. The predicted octanol–water partition coefficient (Wildman–Crippen LogP) is 4.47. The molecule has 160 valence electrons. The molecule has 2 aromatic carbocycles. The Morgan fingerprint density at radius 1 is 1.19 bits per heavy atom. The lowest BCUT2D eigenvalue weighted by Crippen LogP contribution is -2.25. The SMILES string of the molecule is CNCc1ccccc1Nc1nc(Nc2ccc3c(c2)CCOC(=O)N3C)ncc1Cl. The molecule has 9 heteroatoms. The zero-order valence-corrected chi connectivity index (χ0v) is 18.0. The molecule has 3 N–H and O–H groups in total. The van der Waals surface area contributed by atoms with Crippen LogP contribution in [0.4, 0.5) is 33.6 Å². The molecule has 0 unspecified atom stereocenters. The van der Waals surface area contributed by atoms with E-state index in [1.807, 2.05) is 49.5 Å². The van der Waals surface area contributed by atoms with E-state index < -0.39 is 0 Å². The number of fused-ring (bicyclic) bond motifs is 1. The Hall–Kier alpha value is -3.36. The summed E-state index contributed by atoms with van der Waals surface area (Å²) in [7, 11) is 3.60. The third-order valence-electron chi connectivity index (χ3n) is 4.95. The van der Waals surface area contributed by atoms with Gasteiger partial charge in [0.1, 0.15) is 5.02 Å². The van der Waals surface area contributed by atoms with Gasteiger partial charge >= 0.3 is 6.09 Å². The number of anilines is 5. The molecule has 0 atom stereocenters. The Bertz CT molecular complexity index is 1110. The summed E-state index contributed by atoms with van der Waals surface area (Å²) in [4.78, 5) is 22.2. The molecule has 1 aliphatic heterocycles. The summed E-state index contributed by atoms with van der Waals surface area (Å²) in [5, 5.41) is 10.1. The first-order valence-electron chi connectivity index (χ1n) is 9.87. The zero-order valence-electron chi connectivity index (χ0n) is 17.3. The van der Waals surface area contributed by atoms with Crippen LogP contribution in [0.25, 0.3) is 0 Å². The molecule has 0 spiro atoms. The molecule has 1 amide bonds. The van der Waals surface area contributed by atoms with Crippen LogP contribution in [0.5, 0.6) is 0 Å². The highest BCUT2D eigenvalue weighted by Crippen LogP contribution is 2.30. The van der Waals surface area contributed by atoms with Gasteiger partial charge in [0.2, 0.25) is 5.95 Å². The molecule has 4 rings (SSSR count). The number of cyclic esters (lactones) is 1. The molecule has 0 saturated carbocycles. The van der Waals surface area contributed by atoms with Gasteiger partial charge in [-0.15, -0.1) is 0 Å². The second-order valence-corrected chi connectivity index (χ2v) is 7.50. The topological polar surface area (TPSA) is 91.4 Å². The highest BCUT2D eigenvalue weighted by Gasteiger charge is 2.20. The fourth-order valence-electron chi connectivity index (χ4n) is 3.39. The van der Waals surface area contributed by atoms with Crippen LogP contribution >= 0.6 is 11.6 Å². The van der Waals surface area contributed by atoms with Gasteiger partial charge in [0.05, 0.1) is 18.5 Å². The number of carbonyl (C=O) groups is 1. The zero-order chi connectivity index (χ0) is 21.8. The van der Waals surface area contributed by atoms with E-state index in [2.05, 4.69) is 25.9 Å². The Morgan fingerprint density at radius 3 is 2.87 bits per heavy atom. The van der Waals surface area contributed by atoms with Crippen molar-refractivity contribution in [1.29, 1.82) is 0 Å². The first-order valence-corrected chi connectivity index (χ1v) is 10.3. The number of halogens is 1. The minimum atomic E-state index is -0.352.